The Balaban J connectivity index is 1.72. The van der Waals surface area contributed by atoms with Crippen molar-refractivity contribution in [3.8, 4) is 0 Å². The van der Waals surface area contributed by atoms with Crippen LogP contribution in [0.15, 0.2) is 84.1 Å². The molecule has 0 aliphatic heterocycles. The molecule has 0 unspecified atom stereocenters. The van der Waals surface area contributed by atoms with Crippen molar-refractivity contribution in [3.05, 3.63) is 95.3 Å². The van der Waals surface area contributed by atoms with E-state index in [0.29, 0.717) is 6.61 Å². The molecule has 0 saturated heterocycles. The molecule has 2 aromatic rings. The number of allylic oxidation sites excluding steroid dienone is 2. The lowest BCUT2D eigenvalue weighted by molar-refractivity contribution is 0.197. The minimum Gasteiger partial charge on any atom is -0.489 e. The van der Waals surface area contributed by atoms with Gasteiger partial charge in [0.15, 0.2) is 0 Å². The molecule has 2 heteroatoms. The predicted octanol–water partition coefficient (Wildman–Crippen LogP) is 4.27. The summed E-state index contributed by atoms with van der Waals surface area (Å²) in [6.07, 6.45) is 5.94. The summed E-state index contributed by atoms with van der Waals surface area (Å²) < 4.78 is 6.06. The van der Waals surface area contributed by atoms with Crippen LogP contribution in [0.25, 0.3) is 0 Å². The van der Waals surface area contributed by atoms with Crippen LogP contribution in [0.4, 0.5) is 0 Å². The summed E-state index contributed by atoms with van der Waals surface area (Å²) in [5.74, 6) is 1.14. The Labute approximate surface area is 137 Å². The van der Waals surface area contributed by atoms with Crippen LogP contribution in [0.2, 0.25) is 0 Å². The zero-order valence-electron chi connectivity index (χ0n) is 13.2. The number of rotatable bonds is 6. The molecule has 0 bridgehead atoms. The molecule has 3 rings (SSSR count). The second-order valence-corrected chi connectivity index (χ2v) is 5.88. The maximum absolute atomic E-state index is 9.45. The van der Waals surface area contributed by atoms with Crippen molar-refractivity contribution < 1.29 is 9.84 Å². The molecule has 1 N–H and O–H groups in total. The molecule has 2 nitrogen and oxygen atoms in total. The van der Waals surface area contributed by atoms with E-state index in [-0.39, 0.29) is 12.5 Å². The van der Waals surface area contributed by atoms with E-state index in [4.69, 9.17) is 4.74 Å². The number of hydrogen-bond donors (Lipinski definition) is 1. The molecule has 1 aliphatic carbocycles. The molecule has 0 amide bonds. The molecule has 1 aliphatic rings. The van der Waals surface area contributed by atoms with E-state index in [1.165, 1.54) is 5.56 Å². The highest BCUT2D eigenvalue weighted by Crippen LogP contribution is 2.27. The molecule has 118 valence electrons. The SMILES string of the molecule is OC[C@@H]1C=C(Cc2ccccc2)C(OCc2ccccc2)=CC1. The Bertz CT molecular complexity index is 672. The molecule has 0 saturated carbocycles. The Hall–Kier alpha value is -2.32. The van der Waals surface area contributed by atoms with Crippen LogP contribution in [0.1, 0.15) is 17.5 Å². The minimum absolute atomic E-state index is 0.181. The van der Waals surface area contributed by atoms with Crippen molar-refractivity contribution in [2.45, 2.75) is 19.4 Å². The lowest BCUT2D eigenvalue weighted by Crippen LogP contribution is -2.11. The van der Waals surface area contributed by atoms with Gasteiger partial charge in [-0.15, -0.1) is 0 Å². The van der Waals surface area contributed by atoms with Crippen LogP contribution in [-0.4, -0.2) is 11.7 Å². The summed E-state index contributed by atoms with van der Waals surface area (Å²) in [4.78, 5) is 0. The number of hydrogen-bond acceptors (Lipinski definition) is 2. The van der Waals surface area contributed by atoms with Gasteiger partial charge in [-0.05, 0) is 29.2 Å². The average Bonchev–Trinajstić information content (AvgIpc) is 2.62. The van der Waals surface area contributed by atoms with E-state index in [2.05, 4.69) is 48.6 Å². The summed E-state index contributed by atoms with van der Waals surface area (Å²) in [5.41, 5.74) is 3.58. The van der Waals surface area contributed by atoms with E-state index < -0.39 is 0 Å². The van der Waals surface area contributed by atoms with Crippen molar-refractivity contribution in [3.63, 3.8) is 0 Å². The van der Waals surface area contributed by atoms with E-state index in [1.807, 2.05) is 24.3 Å². The number of aliphatic hydroxyl groups excluding tert-OH is 1. The molecule has 23 heavy (non-hydrogen) atoms. The summed E-state index contributed by atoms with van der Waals surface area (Å²) in [7, 11) is 0. The predicted molar refractivity (Wildman–Crippen MR) is 92.7 cm³/mol. The third-order valence-electron chi connectivity index (χ3n) is 4.07. The van der Waals surface area contributed by atoms with Gasteiger partial charge in [-0.25, -0.2) is 0 Å². The Kier molecular flexibility index (Phi) is 5.28. The van der Waals surface area contributed by atoms with Crippen LogP contribution >= 0.6 is 0 Å². The fourth-order valence-electron chi connectivity index (χ4n) is 2.80. The lowest BCUT2D eigenvalue weighted by Gasteiger charge is -2.21. The fraction of sp³-hybridized carbons (Fsp3) is 0.238. The van der Waals surface area contributed by atoms with Crippen LogP contribution in [0, 0.1) is 5.92 Å². The van der Waals surface area contributed by atoms with Crippen LogP contribution in [-0.2, 0) is 17.8 Å². The zero-order chi connectivity index (χ0) is 15.9. The highest BCUT2D eigenvalue weighted by Gasteiger charge is 2.17. The van der Waals surface area contributed by atoms with E-state index in [9.17, 15) is 5.11 Å². The smallest absolute Gasteiger partial charge is 0.119 e. The third-order valence-corrected chi connectivity index (χ3v) is 4.07. The molecule has 0 fully saturated rings. The van der Waals surface area contributed by atoms with Crippen molar-refractivity contribution in [1.29, 1.82) is 0 Å². The Morgan fingerprint density at radius 1 is 0.913 bits per heavy atom. The van der Waals surface area contributed by atoms with Gasteiger partial charge in [0.05, 0.1) is 0 Å². The first kappa shape index (κ1) is 15.6. The van der Waals surface area contributed by atoms with Crippen molar-refractivity contribution >= 4 is 0 Å². The first-order chi connectivity index (χ1) is 11.3. The highest BCUT2D eigenvalue weighted by atomic mass is 16.5. The van der Waals surface area contributed by atoms with Gasteiger partial charge in [-0.2, -0.15) is 0 Å². The first-order valence-electron chi connectivity index (χ1n) is 8.08. The van der Waals surface area contributed by atoms with Gasteiger partial charge in [0.25, 0.3) is 0 Å². The summed E-state index contributed by atoms with van der Waals surface area (Å²) in [6, 6.07) is 20.6. The van der Waals surface area contributed by atoms with Crippen molar-refractivity contribution in [2.24, 2.45) is 5.92 Å². The molecular formula is C21H22O2. The summed E-state index contributed by atoms with van der Waals surface area (Å²) in [5, 5.41) is 9.45. The average molecular weight is 306 g/mol. The van der Waals surface area contributed by atoms with Gasteiger partial charge >= 0.3 is 0 Å². The Morgan fingerprint density at radius 3 is 2.22 bits per heavy atom. The minimum atomic E-state index is 0.181. The third kappa shape index (κ3) is 4.33. The van der Waals surface area contributed by atoms with Crippen LogP contribution in [0.5, 0.6) is 0 Å². The molecule has 1 atom stereocenters. The van der Waals surface area contributed by atoms with Crippen molar-refractivity contribution in [1.82, 2.24) is 0 Å². The van der Waals surface area contributed by atoms with E-state index in [1.54, 1.807) is 0 Å². The normalized spacial score (nSPS) is 17.3. The van der Waals surface area contributed by atoms with Gasteiger partial charge in [0.2, 0.25) is 0 Å². The molecule has 0 spiro atoms. The topological polar surface area (TPSA) is 29.5 Å². The monoisotopic (exact) mass is 306 g/mol. The molecule has 0 aromatic heterocycles. The standard InChI is InChI=1S/C21H22O2/c22-15-19-11-12-21(23-16-18-9-5-2-6-10-18)20(14-19)13-17-7-3-1-4-8-17/h1-10,12,14,19,22H,11,13,15-16H2/t19-/m0/s1. The highest BCUT2D eigenvalue weighted by molar-refractivity contribution is 5.35. The van der Waals surface area contributed by atoms with Gasteiger partial charge in [-0.3, -0.25) is 0 Å². The number of benzene rings is 2. The molecular weight excluding hydrogens is 284 g/mol. The fourth-order valence-corrected chi connectivity index (χ4v) is 2.80. The Morgan fingerprint density at radius 2 is 1.57 bits per heavy atom. The second-order valence-electron chi connectivity index (χ2n) is 5.88. The lowest BCUT2D eigenvalue weighted by atomic mass is 9.92. The molecule has 0 heterocycles. The van der Waals surface area contributed by atoms with Crippen LogP contribution in [0.3, 0.4) is 0 Å². The van der Waals surface area contributed by atoms with Gasteiger partial charge in [0.1, 0.15) is 12.4 Å². The van der Waals surface area contributed by atoms with Crippen LogP contribution < -0.4 is 0 Å². The first-order valence-corrected chi connectivity index (χ1v) is 8.08. The van der Waals surface area contributed by atoms with Crippen molar-refractivity contribution in [2.75, 3.05) is 6.61 Å². The molecule has 2 aromatic carbocycles. The quantitative estimate of drug-likeness (QED) is 0.863. The largest absolute Gasteiger partial charge is 0.489 e. The van der Waals surface area contributed by atoms with E-state index in [0.717, 1.165) is 29.7 Å². The van der Waals surface area contributed by atoms with E-state index >= 15 is 0 Å². The maximum atomic E-state index is 9.45. The van der Waals surface area contributed by atoms with Gasteiger partial charge < -0.3 is 9.84 Å². The second kappa shape index (κ2) is 7.80. The summed E-state index contributed by atoms with van der Waals surface area (Å²) >= 11 is 0. The number of aliphatic hydroxyl groups is 1. The summed E-state index contributed by atoms with van der Waals surface area (Å²) in [6.45, 7) is 0.753. The van der Waals surface area contributed by atoms with Gasteiger partial charge in [0, 0.05) is 18.9 Å². The number of ether oxygens (including phenoxy) is 1. The van der Waals surface area contributed by atoms with Gasteiger partial charge in [-0.1, -0.05) is 66.7 Å². The zero-order valence-corrected chi connectivity index (χ0v) is 13.2. The maximum Gasteiger partial charge on any atom is 0.119 e. The molecule has 0 radical (unpaired) electrons.